The number of nitrogens with zero attached hydrogens (tertiary/aromatic N) is 6. The first kappa shape index (κ1) is 18.3. The van der Waals surface area contributed by atoms with Crippen molar-refractivity contribution in [3.63, 3.8) is 0 Å². The SMILES string of the molecule is Cc1nc(COc2ccc(C(=O)Nc3ccc(C)c(-n4cnnn4)c3)cc2)no1. The summed E-state index contributed by atoms with van der Waals surface area (Å²) < 4.78 is 12.0. The molecule has 4 rings (SSSR count). The van der Waals surface area contributed by atoms with E-state index in [2.05, 4.69) is 31.0 Å². The lowest BCUT2D eigenvalue weighted by Crippen LogP contribution is -2.12. The van der Waals surface area contributed by atoms with Crippen molar-refractivity contribution in [3.05, 3.63) is 71.6 Å². The Morgan fingerprint density at radius 2 is 2.00 bits per heavy atom. The van der Waals surface area contributed by atoms with Crippen molar-refractivity contribution in [1.29, 1.82) is 0 Å². The Balaban J connectivity index is 1.41. The van der Waals surface area contributed by atoms with Crippen LogP contribution in [-0.4, -0.2) is 36.3 Å². The molecule has 0 saturated carbocycles. The highest BCUT2D eigenvalue weighted by Gasteiger charge is 2.10. The summed E-state index contributed by atoms with van der Waals surface area (Å²) in [5.74, 6) is 1.30. The molecule has 10 heteroatoms. The maximum absolute atomic E-state index is 12.6. The number of hydrogen-bond donors (Lipinski definition) is 1. The Labute approximate surface area is 165 Å². The van der Waals surface area contributed by atoms with Crippen LogP contribution < -0.4 is 10.1 Å². The van der Waals surface area contributed by atoms with Crippen LogP contribution in [-0.2, 0) is 6.61 Å². The van der Waals surface area contributed by atoms with Crippen LogP contribution in [0.2, 0.25) is 0 Å². The number of aromatic nitrogens is 6. The van der Waals surface area contributed by atoms with Gasteiger partial charge in [-0.15, -0.1) is 5.10 Å². The summed E-state index contributed by atoms with van der Waals surface area (Å²) in [7, 11) is 0. The van der Waals surface area contributed by atoms with E-state index >= 15 is 0 Å². The first-order valence-electron chi connectivity index (χ1n) is 8.76. The van der Waals surface area contributed by atoms with E-state index in [4.69, 9.17) is 9.26 Å². The fourth-order valence-electron chi connectivity index (χ4n) is 2.66. The lowest BCUT2D eigenvalue weighted by Gasteiger charge is -2.10. The van der Waals surface area contributed by atoms with Gasteiger partial charge in [0, 0.05) is 18.2 Å². The van der Waals surface area contributed by atoms with Crippen LogP contribution in [0, 0.1) is 13.8 Å². The third-order valence-corrected chi connectivity index (χ3v) is 4.12. The standard InChI is InChI=1S/C19H17N7O3/c1-12-3-6-15(9-17(12)26-11-20-24-25-26)22-19(27)14-4-7-16(8-5-14)28-10-18-21-13(2)29-23-18/h3-9,11H,10H2,1-2H3,(H,22,27). The molecule has 4 aromatic rings. The predicted molar refractivity (Wildman–Crippen MR) is 102 cm³/mol. The summed E-state index contributed by atoms with van der Waals surface area (Å²) in [5, 5.41) is 17.8. The largest absolute Gasteiger partial charge is 0.485 e. The van der Waals surface area contributed by atoms with Gasteiger partial charge in [0.1, 0.15) is 12.1 Å². The Kier molecular flexibility index (Phi) is 4.97. The second kappa shape index (κ2) is 7.89. The topological polar surface area (TPSA) is 121 Å². The van der Waals surface area contributed by atoms with Crippen molar-refractivity contribution in [1.82, 2.24) is 30.3 Å². The van der Waals surface area contributed by atoms with Crippen LogP contribution in [0.1, 0.15) is 27.6 Å². The molecule has 2 aromatic heterocycles. The number of amides is 1. The lowest BCUT2D eigenvalue weighted by molar-refractivity contribution is 0.102. The van der Waals surface area contributed by atoms with E-state index in [1.54, 1.807) is 35.9 Å². The summed E-state index contributed by atoms with van der Waals surface area (Å²) in [4.78, 5) is 16.6. The summed E-state index contributed by atoms with van der Waals surface area (Å²) in [6.07, 6.45) is 1.50. The van der Waals surface area contributed by atoms with E-state index in [0.29, 0.717) is 28.7 Å². The minimum atomic E-state index is -0.239. The molecule has 0 radical (unpaired) electrons. The lowest BCUT2D eigenvalue weighted by atomic mass is 10.1. The summed E-state index contributed by atoms with van der Waals surface area (Å²) >= 11 is 0. The molecule has 0 unspecified atom stereocenters. The maximum atomic E-state index is 12.6. The molecule has 1 N–H and O–H groups in total. The fourth-order valence-corrected chi connectivity index (χ4v) is 2.66. The van der Waals surface area contributed by atoms with Crippen LogP contribution in [0.15, 0.2) is 53.3 Å². The van der Waals surface area contributed by atoms with Gasteiger partial charge in [-0.25, -0.2) is 4.68 Å². The number of hydrogen-bond acceptors (Lipinski definition) is 8. The van der Waals surface area contributed by atoms with Crippen molar-refractivity contribution < 1.29 is 14.1 Å². The number of carbonyl (C=O) groups is 1. The van der Waals surface area contributed by atoms with Gasteiger partial charge in [-0.1, -0.05) is 11.2 Å². The number of benzene rings is 2. The Bertz CT molecular complexity index is 1120. The zero-order valence-electron chi connectivity index (χ0n) is 15.7. The molecule has 2 heterocycles. The minimum absolute atomic E-state index is 0.187. The number of carbonyl (C=O) groups excluding carboxylic acids is 1. The summed E-state index contributed by atoms with van der Waals surface area (Å²) in [5.41, 5.74) is 2.90. The highest BCUT2D eigenvalue weighted by atomic mass is 16.5. The number of tetrazole rings is 1. The Morgan fingerprint density at radius 3 is 2.69 bits per heavy atom. The maximum Gasteiger partial charge on any atom is 0.255 e. The molecule has 29 heavy (non-hydrogen) atoms. The Hall–Kier alpha value is -4.08. The van der Waals surface area contributed by atoms with Gasteiger partial charge in [0.15, 0.2) is 6.61 Å². The van der Waals surface area contributed by atoms with Crippen LogP contribution in [0.5, 0.6) is 5.75 Å². The first-order chi connectivity index (χ1) is 14.1. The van der Waals surface area contributed by atoms with Crippen molar-refractivity contribution in [2.75, 3.05) is 5.32 Å². The molecule has 0 atom stereocenters. The van der Waals surface area contributed by atoms with E-state index in [1.165, 1.54) is 6.33 Å². The van der Waals surface area contributed by atoms with Crippen LogP contribution >= 0.6 is 0 Å². The molecule has 146 valence electrons. The van der Waals surface area contributed by atoms with Gasteiger partial charge in [0.05, 0.1) is 5.69 Å². The van der Waals surface area contributed by atoms with E-state index < -0.39 is 0 Å². The molecule has 2 aromatic carbocycles. The Morgan fingerprint density at radius 1 is 1.17 bits per heavy atom. The van der Waals surface area contributed by atoms with Crippen molar-refractivity contribution in [2.45, 2.75) is 20.5 Å². The van der Waals surface area contributed by atoms with E-state index in [0.717, 1.165) is 11.3 Å². The number of rotatable bonds is 6. The zero-order chi connectivity index (χ0) is 20.2. The van der Waals surface area contributed by atoms with Crippen LogP contribution in [0.25, 0.3) is 5.69 Å². The molecule has 0 aliphatic carbocycles. The van der Waals surface area contributed by atoms with Gasteiger partial charge in [0.25, 0.3) is 5.91 Å². The quantitative estimate of drug-likeness (QED) is 0.532. The predicted octanol–water partition coefficient (Wildman–Crippen LogP) is 2.49. The summed E-state index contributed by atoms with van der Waals surface area (Å²) in [6.45, 7) is 3.84. The van der Waals surface area contributed by atoms with Crippen molar-refractivity contribution in [3.8, 4) is 11.4 Å². The average Bonchev–Trinajstić information content (AvgIpc) is 3.40. The van der Waals surface area contributed by atoms with E-state index in [9.17, 15) is 4.79 Å². The van der Waals surface area contributed by atoms with E-state index in [1.807, 2.05) is 25.1 Å². The molecule has 0 spiro atoms. The monoisotopic (exact) mass is 391 g/mol. The first-order valence-corrected chi connectivity index (χ1v) is 8.76. The average molecular weight is 391 g/mol. The second-order valence-corrected chi connectivity index (χ2v) is 6.25. The van der Waals surface area contributed by atoms with Gasteiger partial charge < -0.3 is 14.6 Å². The van der Waals surface area contributed by atoms with Gasteiger partial charge in [-0.05, 0) is 59.3 Å². The van der Waals surface area contributed by atoms with E-state index in [-0.39, 0.29) is 12.5 Å². The number of anilines is 1. The molecule has 0 bridgehead atoms. The number of ether oxygens (including phenoxy) is 1. The molecule has 0 aliphatic rings. The minimum Gasteiger partial charge on any atom is -0.485 e. The van der Waals surface area contributed by atoms with Gasteiger partial charge >= 0.3 is 0 Å². The second-order valence-electron chi connectivity index (χ2n) is 6.25. The summed E-state index contributed by atoms with van der Waals surface area (Å²) in [6, 6.07) is 12.3. The van der Waals surface area contributed by atoms with Crippen molar-refractivity contribution >= 4 is 11.6 Å². The van der Waals surface area contributed by atoms with Crippen LogP contribution in [0.3, 0.4) is 0 Å². The molecule has 10 nitrogen and oxygen atoms in total. The molecular weight excluding hydrogens is 374 g/mol. The highest BCUT2D eigenvalue weighted by Crippen LogP contribution is 2.20. The molecule has 0 saturated heterocycles. The van der Waals surface area contributed by atoms with Gasteiger partial charge in [-0.3, -0.25) is 4.79 Å². The highest BCUT2D eigenvalue weighted by molar-refractivity contribution is 6.04. The normalized spacial score (nSPS) is 10.7. The van der Waals surface area contributed by atoms with Crippen molar-refractivity contribution in [2.24, 2.45) is 0 Å². The molecular formula is C19H17N7O3. The van der Waals surface area contributed by atoms with Crippen LogP contribution in [0.4, 0.5) is 5.69 Å². The zero-order valence-corrected chi connectivity index (χ0v) is 15.7. The number of aryl methyl sites for hydroxylation is 2. The third kappa shape index (κ3) is 4.26. The third-order valence-electron chi connectivity index (χ3n) is 4.12. The molecule has 0 fully saturated rings. The fraction of sp³-hybridized carbons (Fsp3) is 0.158. The number of nitrogens with one attached hydrogen (secondary N) is 1. The van der Waals surface area contributed by atoms with Gasteiger partial charge in [-0.2, -0.15) is 4.98 Å². The smallest absolute Gasteiger partial charge is 0.255 e. The molecule has 0 aliphatic heterocycles. The molecule has 1 amide bonds. The van der Waals surface area contributed by atoms with Gasteiger partial charge in [0.2, 0.25) is 11.7 Å².